The fourth-order valence-corrected chi connectivity index (χ4v) is 1.84. The van der Waals surface area contributed by atoms with Crippen LogP contribution in [0.15, 0.2) is 4.42 Å². The number of esters is 1. The maximum absolute atomic E-state index is 10.7. The second-order valence-electron chi connectivity index (χ2n) is 3.49. The lowest BCUT2D eigenvalue weighted by molar-refractivity contribution is -0.142. The zero-order valence-electron chi connectivity index (χ0n) is 9.68. The van der Waals surface area contributed by atoms with Gasteiger partial charge in [0.1, 0.15) is 22.9 Å². The van der Waals surface area contributed by atoms with E-state index >= 15 is 0 Å². The molecule has 0 radical (unpaired) electrons. The molecule has 0 aliphatic rings. The number of hydrogen-bond donors (Lipinski definition) is 0. The first-order valence-corrected chi connectivity index (χ1v) is 5.74. The fourth-order valence-electron chi connectivity index (χ4n) is 1.26. The van der Waals surface area contributed by atoms with Gasteiger partial charge < -0.3 is 9.15 Å². The van der Waals surface area contributed by atoms with E-state index in [1.54, 1.807) is 6.92 Å². The Morgan fingerprint density at radius 3 is 2.82 bits per heavy atom. The molecular weight excluding hydrogens is 242 g/mol. The van der Waals surface area contributed by atoms with Crippen molar-refractivity contribution in [1.82, 2.24) is 14.6 Å². The minimum Gasteiger partial charge on any atom is -0.459 e. The maximum Gasteiger partial charge on any atom is 0.303 e. The van der Waals surface area contributed by atoms with Crippen LogP contribution in [0.1, 0.15) is 24.1 Å². The van der Waals surface area contributed by atoms with Crippen LogP contribution in [-0.2, 0) is 16.1 Å². The fraction of sp³-hybridized carbons (Fsp3) is 0.400. The van der Waals surface area contributed by atoms with Crippen molar-refractivity contribution in [2.75, 3.05) is 0 Å². The predicted octanol–water partition coefficient (Wildman–Crippen LogP) is 1.87. The quantitative estimate of drug-likeness (QED) is 0.777. The summed E-state index contributed by atoms with van der Waals surface area (Å²) in [6, 6.07) is 0. The lowest BCUT2D eigenvalue weighted by Gasteiger charge is -1.97. The molecule has 0 aliphatic heterocycles. The zero-order valence-corrected chi connectivity index (χ0v) is 10.5. The molecule has 0 spiro atoms. The Balaban J connectivity index is 2.24. The normalized spacial score (nSPS) is 10.5. The molecule has 0 saturated carbocycles. The van der Waals surface area contributed by atoms with E-state index in [1.807, 2.05) is 6.92 Å². The minimum absolute atomic E-state index is 0.121. The van der Waals surface area contributed by atoms with Crippen molar-refractivity contribution < 1.29 is 13.9 Å². The Morgan fingerprint density at radius 1 is 1.47 bits per heavy atom. The molecule has 0 saturated heterocycles. The SMILES string of the molecule is CC(=O)OCc1nc(-c2snnc2C)oc1C. The number of oxazole rings is 1. The molecule has 0 N–H and O–H groups in total. The van der Waals surface area contributed by atoms with Gasteiger partial charge in [-0.05, 0) is 25.4 Å². The number of aromatic nitrogens is 3. The van der Waals surface area contributed by atoms with Gasteiger partial charge in [-0.2, -0.15) is 0 Å². The van der Waals surface area contributed by atoms with Crippen LogP contribution in [-0.4, -0.2) is 20.5 Å². The smallest absolute Gasteiger partial charge is 0.303 e. The van der Waals surface area contributed by atoms with Gasteiger partial charge in [0, 0.05) is 6.92 Å². The van der Waals surface area contributed by atoms with Gasteiger partial charge in [-0.3, -0.25) is 4.79 Å². The molecule has 7 heteroatoms. The first kappa shape index (κ1) is 11.7. The van der Waals surface area contributed by atoms with Crippen LogP contribution in [0.3, 0.4) is 0 Å². The highest BCUT2D eigenvalue weighted by atomic mass is 32.1. The van der Waals surface area contributed by atoms with Crippen LogP contribution in [0, 0.1) is 13.8 Å². The van der Waals surface area contributed by atoms with Gasteiger partial charge in [0.15, 0.2) is 0 Å². The van der Waals surface area contributed by atoms with Gasteiger partial charge in [-0.1, -0.05) is 4.49 Å². The Hall–Kier alpha value is -1.76. The van der Waals surface area contributed by atoms with Crippen molar-refractivity contribution in [2.45, 2.75) is 27.4 Å². The summed E-state index contributed by atoms with van der Waals surface area (Å²) in [7, 11) is 0. The van der Waals surface area contributed by atoms with Crippen LogP contribution in [0.4, 0.5) is 0 Å². The molecule has 90 valence electrons. The van der Waals surface area contributed by atoms with Crippen molar-refractivity contribution in [3.8, 4) is 10.8 Å². The molecule has 17 heavy (non-hydrogen) atoms. The summed E-state index contributed by atoms with van der Waals surface area (Å²) in [6.07, 6.45) is 0. The van der Waals surface area contributed by atoms with Crippen molar-refractivity contribution in [2.24, 2.45) is 0 Å². The third-order valence-electron chi connectivity index (χ3n) is 2.15. The summed E-state index contributed by atoms with van der Waals surface area (Å²) in [6.45, 7) is 5.09. The standard InChI is InChI=1S/C10H11N3O3S/c1-5-9(17-13-12-5)10-11-8(6(2)16-10)4-15-7(3)14/h4H2,1-3H3. The van der Waals surface area contributed by atoms with E-state index in [0.29, 0.717) is 17.3 Å². The zero-order chi connectivity index (χ0) is 12.4. The molecule has 0 atom stereocenters. The van der Waals surface area contributed by atoms with Gasteiger partial charge in [-0.15, -0.1) is 5.10 Å². The average Bonchev–Trinajstić information content (AvgIpc) is 2.82. The molecule has 0 amide bonds. The van der Waals surface area contributed by atoms with Crippen LogP contribution in [0.25, 0.3) is 10.8 Å². The van der Waals surface area contributed by atoms with Crippen LogP contribution >= 0.6 is 11.5 Å². The first-order chi connectivity index (χ1) is 8.08. The van der Waals surface area contributed by atoms with Crippen molar-refractivity contribution in [1.29, 1.82) is 0 Å². The van der Waals surface area contributed by atoms with Crippen molar-refractivity contribution >= 4 is 17.5 Å². The summed E-state index contributed by atoms with van der Waals surface area (Å²) in [5.74, 6) is 0.760. The molecule has 6 nitrogen and oxygen atoms in total. The molecule has 0 aromatic carbocycles. The first-order valence-electron chi connectivity index (χ1n) is 4.97. The van der Waals surface area contributed by atoms with E-state index in [9.17, 15) is 4.79 Å². The largest absolute Gasteiger partial charge is 0.459 e. The Kier molecular flexibility index (Phi) is 3.19. The van der Waals surface area contributed by atoms with Crippen LogP contribution in [0.2, 0.25) is 0 Å². The molecule has 0 aliphatic carbocycles. The lowest BCUT2D eigenvalue weighted by Crippen LogP contribution is -2.00. The highest BCUT2D eigenvalue weighted by molar-refractivity contribution is 7.09. The predicted molar refractivity (Wildman–Crippen MR) is 60.4 cm³/mol. The van der Waals surface area contributed by atoms with E-state index in [-0.39, 0.29) is 12.6 Å². The van der Waals surface area contributed by atoms with Gasteiger partial charge >= 0.3 is 5.97 Å². The molecule has 2 aromatic heterocycles. The van der Waals surface area contributed by atoms with Gasteiger partial charge in [0.05, 0.1) is 5.69 Å². The Labute approximate surface area is 102 Å². The maximum atomic E-state index is 10.7. The molecule has 2 heterocycles. The number of hydrogen-bond acceptors (Lipinski definition) is 7. The van der Waals surface area contributed by atoms with E-state index in [1.165, 1.54) is 18.5 Å². The molecule has 0 fully saturated rings. The molecule has 0 bridgehead atoms. The molecule has 2 aromatic rings. The molecular formula is C10H11N3O3S. The van der Waals surface area contributed by atoms with Gasteiger partial charge in [0.2, 0.25) is 5.89 Å². The van der Waals surface area contributed by atoms with E-state index < -0.39 is 0 Å². The summed E-state index contributed by atoms with van der Waals surface area (Å²) in [5.41, 5.74) is 1.39. The van der Waals surface area contributed by atoms with E-state index in [0.717, 1.165) is 10.6 Å². The van der Waals surface area contributed by atoms with E-state index in [2.05, 4.69) is 14.6 Å². The lowest BCUT2D eigenvalue weighted by atomic mass is 10.4. The molecule has 2 rings (SSSR count). The highest BCUT2D eigenvalue weighted by Gasteiger charge is 2.16. The number of rotatable bonds is 3. The number of nitrogens with zero attached hydrogens (tertiary/aromatic N) is 3. The third kappa shape index (κ3) is 2.50. The number of carbonyl (C=O) groups excluding carboxylic acids is 1. The second kappa shape index (κ2) is 4.62. The second-order valence-corrected chi connectivity index (χ2v) is 4.24. The number of aryl methyl sites for hydroxylation is 2. The van der Waals surface area contributed by atoms with Gasteiger partial charge in [-0.25, -0.2) is 4.98 Å². The minimum atomic E-state index is -0.343. The van der Waals surface area contributed by atoms with Gasteiger partial charge in [0.25, 0.3) is 0 Å². The molecule has 0 unspecified atom stereocenters. The highest BCUT2D eigenvalue weighted by Crippen LogP contribution is 2.26. The number of carbonyl (C=O) groups is 1. The summed E-state index contributed by atoms with van der Waals surface area (Å²) in [5, 5.41) is 3.89. The topological polar surface area (TPSA) is 78.1 Å². The Morgan fingerprint density at radius 2 is 2.24 bits per heavy atom. The van der Waals surface area contributed by atoms with Crippen molar-refractivity contribution in [3.63, 3.8) is 0 Å². The van der Waals surface area contributed by atoms with E-state index in [4.69, 9.17) is 9.15 Å². The third-order valence-corrected chi connectivity index (χ3v) is 2.97. The monoisotopic (exact) mass is 253 g/mol. The van der Waals surface area contributed by atoms with Crippen molar-refractivity contribution in [3.05, 3.63) is 17.1 Å². The summed E-state index contributed by atoms with van der Waals surface area (Å²) in [4.78, 5) is 15.8. The van der Waals surface area contributed by atoms with Crippen LogP contribution in [0.5, 0.6) is 0 Å². The number of ether oxygens (including phenoxy) is 1. The summed E-state index contributed by atoms with van der Waals surface area (Å²) >= 11 is 1.22. The van der Waals surface area contributed by atoms with Crippen LogP contribution < -0.4 is 0 Å². The summed E-state index contributed by atoms with van der Waals surface area (Å²) < 4.78 is 14.2. The average molecular weight is 253 g/mol. The Bertz CT molecular complexity index is 547.